The first-order valence-electron chi connectivity index (χ1n) is 11.0. The predicted molar refractivity (Wildman–Crippen MR) is 124 cm³/mol. The Labute approximate surface area is 198 Å². The molecule has 10 heteroatoms. The highest BCUT2D eigenvalue weighted by atomic mass is 19.2. The second-order valence-corrected chi connectivity index (χ2v) is 8.21. The van der Waals surface area contributed by atoms with Gasteiger partial charge in [-0.3, -0.25) is 5.01 Å². The first-order chi connectivity index (χ1) is 17.1. The third-order valence-electron chi connectivity index (χ3n) is 5.77. The minimum absolute atomic E-state index is 0.0782. The van der Waals surface area contributed by atoms with Crippen LogP contribution in [0.25, 0.3) is 22.6 Å². The number of nitrogens with zero attached hydrogens (tertiary/aromatic N) is 5. The molecule has 2 aromatic carbocycles. The summed E-state index contributed by atoms with van der Waals surface area (Å²) in [6.07, 6.45) is 5.87. The van der Waals surface area contributed by atoms with Crippen molar-refractivity contribution in [2.24, 2.45) is 5.10 Å². The second-order valence-electron chi connectivity index (χ2n) is 8.21. The fourth-order valence-corrected chi connectivity index (χ4v) is 4.01. The number of hydrazone groups is 1. The maximum atomic E-state index is 14.2. The van der Waals surface area contributed by atoms with Crippen LogP contribution in [0.1, 0.15) is 28.5 Å². The van der Waals surface area contributed by atoms with Gasteiger partial charge in [0.1, 0.15) is 23.0 Å². The molecule has 0 spiro atoms. The maximum Gasteiger partial charge on any atom is 0.169 e. The number of imidazole rings is 2. The van der Waals surface area contributed by atoms with Gasteiger partial charge in [0.05, 0.1) is 30.6 Å². The molecular weight excluding hydrogens is 452 g/mol. The van der Waals surface area contributed by atoms with E-state index >= 15 is 0 Å². The number of benzene rings is 2. The van der Waals surface area contributed by atoms with Crippen LogP contribution in [0.5, 0.6) is 0 Å². The summed E-state index contributed by atoms with van der Waals surface area (Å²) in [5, 5.41) is 10.4. The minimum atomic E-state index is -0.935. The Balaban J connectivity index is 1.13. The second kappa shape index (κ2) is 8.64. The lowest BCUT2D eigenvalue weighted by Gasteiger charge is -2.19. The van der Waals surface area contributed by atoms with Crippen molar-refractivity contribution in [3.05, 3.63) is 101 Å². The van der Waals surface area contributed by atoms with E-state index in [0.717, 1.165) is 40.8 Å². The van der Waals surface area contributed by atoms with Gasteiger partial charge in [0.15, 0.2) is 17.4 Å². The number of H-pyrrole nitrogens is 2. The highest BCUT2D eigenvalue weighted by molar-refractivity contribution is 5.80. The number of hydrogen-bond donors (Lipinski definition) is 2. The number of halogens is 2. The summed E-state index contributed by atoms with van der Waals surface area (Å²) in [5.74, 6) is -0.0258. The van der Waals surface area contributed by atoms with Gasteiger partial charge in [-0.15, -0.1) is 0 Å². The molecule has 1 aliphatic rings. The Morgan fingerprint density at radius 1 is 1.09 bits per heavy atom. The van der Waals surface area contributed by atoms with Gasteiger partial charge in [-0.1, -0.05) is 35.5 Å². The van der Waals surface area contributed by atoms with E-state index in [9.17, 15) is 8.78 Å². The quantitative estimate of drug-likeness (QED) is 0.375. The van der Waals surface area contributed by atoms with E-state index in [4.69, 9.17) is 4.52 Å². The normalized spacial score (nSPS) is 12.8. The van der Waals surface area contributed by atoms with Crippen LogP contribution in [0.3, 0.4) is 0 Å². The first-order valence-corrected chi connectivity index (χ1v) is 11.0. The van der Waals surface area contributed by atoms with Crippen molar-refractivity contribution in [3.8, 4) is 22.6 Å². The highest BCUT2D eigenvalue weighted by Crippen LogP contribution is 2.26. The zero-order valence-electron chi connectivity index (χ0n) is 18.4. The molecule has 8 nitrogen and oxygen atoms in total. The Hall–Kier alpha value is -4.60. The molecule has 0 bridgehead atoms. The van der Waals surface area contributed by atoms with E-state index in [1.54, 1.807) is 17.4 Å². The third-order valence-corrected chi connectivity index (χ3v) is 5.77. The molecule has 6 rings (SSSR count). The Morgan fingerprint density at radius 2 is 1.97 bits per heavy atom. The summed E-state index contributed by atoms with van der Waals surface area (Å²) >= 11 is 0. The van der Waals surface area contributed by atoms with Gasteiger partial charge < -0.3 is 14.5 Å². The number of aromatic amines is 2. The lowest BCUT2D eigenvalue weighted by Crippen LogP contribution is -2.21. The molecule has 2 N–H and O–H groups in total. The van der Waals surface area contributed by atoms with Crippen molar-refractivity contribution < 1.29 is 13.3 Å². The van der Waals surface area contributed by atoms with Crippen molar-refractivity contribution >= 4 is 6.21 Å². The molecule has 0 unspecified atom stereocenters. The van der Waals surface area contributed by atoms with Crippen LogP contribution in [-0.2, 0) is 19.5 Å². The molecule has 0 saturated carbocycles. The van der Waals surface area contributed by atoms with Crippen LogP contribution in [0, 0.1) is 11.6 Å². The summed E-state index contributed by atoms with van der Waals surface area (Å²) in [4.78, 5) is 14.8. The predicted octanol–water partition coefficient (Wildman–Crippen LogP) is 4.67. The summed E-state index contributed by atoms with van der Waals surface area (Å²) in [7, 11) is 0. The smallest absolute Gasteiger partial charge is 0.169 e. The van der Waals surface area contributed by atoms with Gasteiger partial charge in [0, 0.05) is 30.4 Å². The molecule has 5 aromatic rings. The first kappa shape index (κ1) is 21.0. The Morgan fingerprint density at radius 3 is 2.80 bits per heavy atom. The minimum Gasteiger partial charge on any atom is -0.359 e. The Kier molecular flexibility index (Phi) is 5.17. The molecule has 0 aliphatic carbocycles. The summed E-state index contributed by atoms with van der Waals surface area (Å²) < 4.78 is 33.3. The zero-order chi connectivity index (χ0) is 23.8. The van der Waals surface area contributed by atoms with E-state index in [1.807, 2.05) is 36.5 Å². The van der Waals surface area contributed by atoms with E-state index in [-0.39, 0.29) is 11.4 Å². The number of rotatable bonds is 6. The van der Waals surface area contributed by atoms with Crippen molar-refractivity contribution in [1.29, 1.82) is 0 Å². The summed E-state index contributed by atoms with van der Waals surface area (Å²) in [6, 6.07) is 14.0. The van der Waals surface area contributed by atoms with Crippen LogP contribution in [-0.4, -0.2) is 36.3 Å². The molecule has 0 amide bonds. The fraction of sp³-hybridized carbons (Fsp3) is 0.120. The van der Waals surface area contributed by atoms with E-state index in [0.29, 0.717) is 24.5 Å². The van der Waals surface area contributed by atoms with Gasteiger partial charge in [0.2, 0.25) is 0 Å². The Bertz CT molecular complexity index is 1500. The van der Waals surface area contributed by atoms with Gasteiger partial charge in [0.25, 0.3) is 0 Å². The molecule has 4 heterocycles. The summed E-state index contributed by atoms with van der Waals surface area (Å²) in [6.45, 7) is 0.801. The zero-order valence-corrected chi connectivity index (χ0v) is 18.4. The van der Waals surface area contributed by atoms with Crippen molar-refractivity contribution in [1.82, 2.24) is 30.1 Å². The van der Waals surface area contributed by atoms with Crippen LogP contribution in [0.15, 0.2) is 70.5 Å². The van der Waals surface area contributed by atoms with E-state index in [2.05, 4.69) is 30.2 Å². The lowest BCUT2D eigenvalue weighted by molar-refractivity contribution is 0.229. The van der Waals surface area contributed by atoms with E-state index < -0.39 is 11.6 Å². The highest BCUT2D eigenvalue weighted by Gasteiger charge is 2.21. The lowest BCUT2D eigenvalue weighted by atomic mass is 10.1. The van der Waals surface area contributed by atoms with Gasteiger partial charge in [-0.25, -0.2) is 18.7 Å². The number of nitrogens with one attached hydrogen (secondary N) is 2. The number of fused-ring (bicyclic) bond motifs is 1. The molecule has 0 fully saturated rings. The SMILES string of the molecule is Fc1cccc(-c2nc3c([nH]2)CN(Cc2cc(-c4ccc(Cc5ncc[nH]5)cc4)no2)N=C3)c1F. The molecule has 0 atom stereocenters. The van der Waals surface area contributed by atoms with Gasteiger partial charge >= 0.3 is 0 Å². The molecule has 174 valence electrons. The standard InChI is InChI=1S/C25H19F2N7O/c26-19-3-1-2-18(24(19)27)25-31-21-12-30-34(14-22(21)32-25)13-17-11-20(33-35-17)16-6-4-15(5-7-16)10-23-28-8-9-29-23/h1-9,11-12H,10,13-14H2,(H,28,29)(H,31,32). The average Bonchev–Trinajstić information content (AvgIpc) is 3.63. The summed E-state index contributed by atoms with van der Waals surface area (Å²) in [5.41, 5.74) is 4.25. The largest absolute Gasteiger partial charge is 0.359 e. The van der Waals surface area contributed by atoms with Crippen molar-refractivity contribution in [3.63, 3.8) is 0 Å². The molecular formula is C25H19F2N7O. The van der Waals surface area contributed by atoms with E-state index in [1.165, 1.54) is 12.1 Å². The van der Waals surface area contributed by atoms with Crippen molar-refractivity contribution in [2.75, 3.05) is 0 Å². The molecule has 35 heavy (non-hydrogen) atoms. The molecule has 0 radical (unpaired) electrons. The fourth-order valence-electron chi connectivity index (χ4n) is 4.01. The molecule has 0 saturated heterocycles. The van der Waals surface area contributed by atoms with Crippen LogP contribution in [0.2, 0.25) is 0 Å². The molecule has 1 aliphatic heterocycles. The van der Waals surface area contributed by atoms with Gasteiger partial charge in [-0.2, -0.15) is 5.10 Å². The van der Waals surface area contributed by atoms with Crippen LogP contribution in [0.4, 0.5) is 8.78 Å². The van der Waals surface area contributed by atoms with Crippen LogP contribution < -0.4 is 0 Å². The van der Waals surface area contributed by atoms with Crippen molar-refractivity contribution in [2.45, 2.75) is 19.5 Å². The van der Waals surface area contributed by atoms with Crippen LogP contribution >= 0.6 is 0 Å². The average molecular weight is 471 g/mol. The van der Waals surface area contributed by atoms with Gasteiger partial charge in [-0.05, 0) is 17.7 Å². The maximum absolute atomic E-state index is 14.2. The topological polar surface area (TPSA) is 99.0 Å². The molecule has 3 aromatic heterocycles. The third kappa shape index (κ3) is 4.21. The monoisotopic (exact) mass is 471 g/mol. The number of hydrogen-bond acceptors (Lipinski definition) is 6. The number of aromatic nitrogens is 5.